The molecule has 0 fully saturated rings. The van der Waals surface area contributed by atoms with E-state index in [1.807, 2.05) is 89.6 Å². The van der Waals surface area contributed by atoms with Crippen molar-refractivity contribution in [2.75, 3.05) is 14.2 Å². The number of pyridine rings is 1. The zero-order valence-electron chi connectivity index (χ0n) is 31.6. The van der Waals surface area contributed by atoms with Crippen LogP contribution in [0.1, 0.15) is 71.2 Å². The summed E-state index contributed by atoms with van der Waals surface area (Å²) < 4.78 is 18.9. The van der Waals surface area contributed by atoms with E-state index in [0.29, 0.717) is 18.1 Å². The minimum atomic E-state index is 0.129. The van der Waals surface area contributed by atoms with Crippen LogP contribution in [0.5, 0.6) is 17.2 Å². The third kappa shape index (κ3) is 9.82. The van der Waals surface area contributed by atoms with Crippen LogP contribution in [-0.4, -0.2) is 34.1 Å². The average Bonchev–Trinajstić information content (AvgIpc) is 3.86. The molecule has 1 aliphatic rings. The number of fused-ring (bicyclic) bond motifs is 1. The second kappa shape index (κ2) is 17.6. The molecule has 0 unspecified atom stereocenters. The minimum Gasteiger partial charge on any atom is -0.497 e. The van der Waals surface area contributed by atoms with Gasteiger partial charge in [-0.25, -0.2) is 4.68 Å². The Labute approximate surface area is 318 Å². The summed E-state index contributed by atoms with van der Waals surface area (Å²) in [5, 5.41) is 13.7. The zero-order chi connectivity index (χ0) is 37.9. The maximum absolute atomic E-state index is 8.83. The summed E-state index contributed by atoms with van der Waals surface area (Å²) in [7, 11) is 3.32. The maximum atomic E-state index is 8.83. The lowest BCUT2D eigenvalue weighted by Crippen LogP contribution is -2.10. The molecule has 1 N–H and O–H groups in total. The van der Waals surface area contributed by atoms with Crippen LogP contribution in [0.3, 0.4) is 0 Å². The molecule has 274 valence electrons. The van der Waals surface area contributed by atoms with Crippen LogP contribution in [-0.2, 0) is 25.0 Å². The second-order valence-corrected chi connectivity index (χ2v) is 14.0. The minimum absolute atomic E-state index is 0.129. The van der Waals surface area contributed by atoms with Gasteiger partial charge in [0.05, 0.1) is 43.6 Å². The molecular formula is C47H47N3O4. The van der Waals surface area contributed by atoms with Crippen molar-refractivity contribution in [1.29, 1.82) is 0 Å². The van der Waals surface area contributed by atoms with Gasteiger partial charge in [0.15, 0.2) is 0 Å². The summed E-state index contributed by atoms with van der Waals surface area (Å²) in [5.41, 5.74) is 10.8. The number of ether oxygens (including phenoxy) is 3. The summed E-state index contributed by atoms with van der Waals surface area (Å²) in [5.74, 6) is 2.23. The lowest BCUT2D eigenvalue weighted by atomic mass is 9.87. The third-order valence-electron chi connectivity index (χ3n) is 9.08. The monoisotopic (exact) mass is 717 g/mol. The largest absolute Gasteiger partial charge is 0.497 e. The summed E-state index contributed by atoms with van der Waals surface area (Å²) in [6.07, 6.45) is 15.4. The molecule has 0 spiro atoms. The fraction of sp³-hybridized carbons (Fsp3) is 0.191. The Morgan fingerprint density at radius 3 is 2.28 bits per heavy atom. The highest BCUT2D eigenvalue weighted by Gasteiger charge is 2.13. The van der Waals surface area contributed by atoms with Crippen LogP contribution in [0.4, 0.5) is 0 Å². The van der Waals surface area contributed by atoms with Crippen LogP contribution < -0.4 is 14.2 Å². The van der Waals surface area contributed by atoms with Crippen LogP contribution in [0.25, 0.3) is 36.1 Å². The Kier molecular flexibility index (Phi) is 12.2. The normalized spacial score (nSPS) is 12.1. The summed E-state index contributed by atoms with van der Waals surface area (Å²) >= 11 is 0. The lowest BCUT2D eigenvalue weighted by molar-refractivity contribution is 0.282. The molecule has 4 aromatic carbocycles. The van der Waals surface area contributed by atoms with Gasteiger partial charge in [-0.05, 0) is 112 Å². The Bertz CT molecular complexity index is 2230. The van der Waals surface area contributed by atoms with Crippen molar-refractivity contribution in [2.24, 2.45) is 0 Å². The number of methoxy groups -OCH3 is 2. The number of allylic oxidation sites excluding steroid dienone is 1. The van der Waals surface area contributed by atoms with E-state index in [4.69, 9.17) is 24.4 Å². The summed E-state index contributed by atoms with van der Waals surface area (Å²) in [6, 6.07) is 36.2. The van der Waals surface area contributed by atoms with Crippen molar-refractivity contribution >= 4 is 30.4 Å². The molecule has 0 atom stereocenters. The van der Waals surface area contributed by atoms with Gasteiger partial charge in [-0.1, -0.05) is 87.5 Å². The quantitative estimate of drug-likeness (QED) is 0.144. The second-order valence-electron chi connectivity index (χ2n) is 14.0. The van der Waals surface area contributed by atoms with Gasteiger partial charge in [0.25, 0.3) is 0 Å². The average molecular weight is 718 g/mol. The van der Waals surface area contributed by atoms with Crippen molar-refractivity contribution in [3.05, 3.63) is 172 Å². The van der Waals surface area contributed by atoms with Crippen LogP contribution in [0.15, 0.2) is 121 Å². The highest BCUT2D eigenvalue weighted by molar-refractivity contribution is 5.75. The van der Waals surface area contributed by atoms with Crippen LogP contribution in [0.2, 0.25) is 0 Å². The molecule has 0 amide bonds. The Morgan fingerprint density at radius 2 is 1.57 bits per heavy atom. The standard InChI is InChI=1S/C36H31N3O3.C11H16O/c1-40-34-19-16-32(17-20-34)39-33(15-10-26-9-11-27-6-5-7-29(27)22-26)23-30(38-39)14-12-28-13-18-35(24-36(28)41-2)42-25-31-8-3-4-21-37-31;1-11(2,3)10-6-4-9(8-12)5-7-10/h3-6,8-24H,7,25H2,1-2H3;4-7,12H,8H2,1-3H3/b14-12+,15-10+;. The first kappa shape index (κ1) is 37.6. The van der Waals surface area contributed by atoms with Gasteiger partial charge < -0.3 is 19.3 Å². The number of nitrogens with zero attached hydrogens (tertiary/aromatic N) is 3. The van der Waals surface area contributed by atoms with Crippen molar-refractivity contribution in [2.45, 2.75) is 45.8 Å². The maximum Gasteiger partial charge on any atom is 0.130 e. The van der Waals surface area contributed by atoms with Gasteiger partial charge in [-0.2, -0.15) is 5.10 Å². The molecule has 54 heavy (non-hydrogen) atoms. The number of benzene rings is 4. The zero-order valence-corrected chi connectivity index (χ0v) is 31.6. The molecule has 6 aromatic rings. The fourth-order valence-electron chi connectivity index (χ4n) is 5.95. The van der Waals surface area contributed by atoms with E-state index in [0.717, 1.165) is 51.6 Å². The van der Waals surface area contributed by atoms with E-state index in [9.17, 15) is 0 Å². The Hall–Kier alpha value is -6.18. The molecule has 2 aromatic heterocycles. The summed E-state index contributed by atoms with van der Waals surface area (Å²) in [6.45, 7) is 7.06. The van der Waals surface area contributed by atoms with Crippen LogP contribution >= 0.6 is 0 Å². The number of hydrogen-bond acceptors (Lipinski definition) is 6. The van der Waals surface area contributed by atoms with Crippen molar-refractivity contribution < 1.29 is 19.3 Å². The molecule has 0 bridgehead atoms. The van der Waals surface area contributed by atoms with Crippen molar-refractivity contribution in [3.63, 3.8) is 0 Å². The number of hydrogen-bond donors (Lipinski definition) is 1. The number of aliphatic hydroxyl groups excluding tert-OH is 1. The first-order valence-electron chi connectivity index (χ1n) is 18.0. The summed E-state index contributed by atoms with van der Waals surface area (Å²) in [4.78, 5) is 4.31. The molecule has 0 saturated heterocycles. The van der Waals surface area contributed by atoms with Gasteiger partial charge in [0.2, 0.25) is 0 Å². The van der Waals surface area contributed by atoms with Gasteiger partial charge >= 0.3 is 0 Å². The molecule has 0 saturated carbocycles. The van der Waals surface area contributed by atoms with Crippen molar-refractivity contribution in [3.8, 4) is 22.9 Å². The van der Waals surface area contributed by atoms with Gasteiger partial charge in [-0.15, -0.1) is 0 Å². The molecule has 1 aliphatic carbocycles. The number of aliphatic hydroxyl groups is 1. The lowest BCUT2D eigenvalue weighted by Gasteiger charge is -2.18. The molecule has 2 heterocycles. The molecule has 7 heteroatoms. The third-order valence-corrected chi connectivity index (χ3v) is 9.08. The predicted octanol–water partition coefficient (Wildman–Crippen LogP) is 10.2. The number of aromatic nitrogens is 3. The Balaban J connectivity index is 0.000000354. The van der Waals surface area contributed by atoms with Crippen molar-refractivity contribution in [1.82, 2.24) is 14.8 Å². The van der Waals surface area contributed by atoms with E-state index >= 15 is 0 Å². The van der Waals surface area contributed by atoms with Crippen LogP contribution in [0, 0.1) is 0 Å². The van der Waals surface area contributed by atoms with E-state index in [1.54, 1.807) is 20.4 Å². The Morgan fingerprint density at radius 1 is 0.778 bits per heavy atom. The van der Waals surface area contributed by atoms with E-state index < -0.39 is 0 Å². The topological polar surface area (TPSA) is 78.6 Å². The highest BCUT2D eigenvalue weighted by atomic mass is 16.5. The molecule has 7 nitrogen and oxygen atoms in total. The molecule has 0 aliphatic heterocycles. The van der Waals surface area contributed by atoms with Gasteiger partial charge in [-0.3, -0.25) is 4.98 Å². The molecular weight excluding hydrogens is 671 g/mol. The number of rotatable bonds is 11. The highest BCUT2D eigenvalue weighted by Crippen LogP contribution is 2.28. The van der Waals surface area contributed by atoms with Gasteiger partial charge in [0.1, 0.15) is 23.9 Å². The predicted molar refractivity (Wildman–Crippen MR) is 220 cm³/mol. The first-order chi connectivity index (χ1) is 26.2. The van der Waals surface area contributed by atoms with E-state index in [-0.39, 0.29) is 12.0 Å². The van der Waals surface area contributed by atoms with E-state index in [1.165, 1.54) is 16.7 Å². The first-order valence-corrected chi connectivity index (χ1v) is 18.0. The molecule has 7 rings (SSSR count). The van der Waals surface area contributed by atoms with E-state index in [2.05, 4.69) is 86.5 Å². The SMILES string of the molecule is CC(C)(C)c1ccc(CO)cc1.COc1ccc(-n2nc(/C=C/c3ccc(OCc4ccccn4)cc3OC)cc2/C=C/c2ccc3c(c2)CC=C3)cc1. The fourth-order valence-corrected chi connectivity index (χ4v) is 5.95. The van der Waals surface area contributed by atoms with Gasteiger partial charge in [0, 0.05) is 17.8 Å². The smallest absolute Gasteiger partial charge is 0.130 e. The molecule has 0 radical (unpaired) electrons.